The maximum atomic E-state index is 11.9. The summed E-state index contributed by atoms with van der Waals surface area (Å²) in [5, 5.41) is 17.4. The monoisotopic (exact) mass is 297 g/mol. The molecule has 8 nitrogen and oxygen atoms in total. The molecule has 0 aromatic heterocycles. The topological polar surface area (TPSA) is 150 Å². The molecule has 1 aromatic carbocycles. The van der Waals surface area contributed by atoms with E-state index in [0.29, 0.717) is 0 Å². The van der Waals surface area contributed by atoms with Crippen LogP contribution in [0.5, 0.6) is 0 Å². The molecule has 0 fully saturated rings. The number of hydrogen-bond acceptors (Lipinski definition) is 5. The lowest BCUT2D eigenvalue weighted by Gasteiger charge is -2.13. The third-order valence-electron chi connectivity index (χ3n) is 2.29. The molecule has 0 aliphatic rings. The molecule has 1 aromatic rings. The molecule has 0 spiro atoms. The van der Waals surface area contributed by atoms with Gasteiger partial charge in [0.05, 0.1) is 22.9 Å². The van der Waals surface area contributed by atoms with Crippen molar-refractivity contribution in [2.24, 2.45) is 5.73 Å². The number of nitrogens with one attached hydrogen (secondary N) is 1. The number of hydrogen-bond donors (Lipinski definition) is 3. The van der Waals surface area contributed by atoms with Gasteiger partial charge in [-0.05, 0) is 24.3 Å². The molecule has 1 atom stereocenters. The Morgan fingerprint density at radius 1 is 1.35 bits per heavy atom. The third kappa shape index (κ3) is 4.04. The Balaban J connectivity index is 3.00. The van der Waals surface area contributed by atoms with E-state index in [1.807, 2.05) is 10.8 Å². The average Bonchev–Trinajstić information content (AvgIpc) is 2.37. The minimum absolute atomic E-state index is 0.216. The molecule has 20 heavy (non-hydrogen) atoms. The van der Waals surface area contributed by atoms with E-state index in [-0.39, 0.29) is 10.5 Å². The molecular formula is C11H11N3O5S. The zero-order valence-corrected chi connectivity index (χ0v) is 10.9. The van der Waals surface area contributed by atoms with Crippen LogP contribution in [-0.4, -0.2) is 31.4 Å². The van der Waals surface area contributed by atoms with E-state index in [1.165, 1.54) is 12.1 Å². The van der Waals surface area contributed by atoms with Crippen LogP contribution in [0.1, 0.15) is 12.0 Å². The molecule has 0 unspecified atom stereocenters. The number of carbonyl (C=O) groups excluding carboxylic acids is 1. The normalized spacial score (nSPS) is 12.3. The van der Waals surface area contributed by atoms with Crippen LogP contribution in [0.15, 0.2) is 29.2 Å². The summed E-state index contributed by atoms with van der Waals surface area (Å²) in [5.41, 5.74) is 5.11. The van der Waals surface area contributed by atoms with Crippen LogP contribution < -0.4 is 10.5 Å². The van der Waals surface area contributed by atoms with E-state index in [2.05, 4.69) is 0 Å². The summed E-state index contributed by atoms with van der Waals surface area (Å²) in [5.74, 6) is -2.46. The maximum Gasteiger partial charge on any atom is 0.322 e. The van der Waals surface area contributed by atoms with Gasteiger partial charge < -0.3 is 10.8 Å². The number of nitrogens with zero attached hydrogens (tertiary/aromatic N) is 1. The third-order valence-corrected chi connectivity index (χ3v) is 3.78. The summed E-state index contributed by atoms with van der Waals surface area (Å²) in [6.07, 6.45) is -0.662. The van der Waals surface area contributed by atoms with Crippen molar-refractivity contribution in [3.63, 3.8) is 0 Å². The Bertz CT molecular complexity index is 660. The van der Waals surface area contributed by atoms with Gasteiger partial charge in [0.2, 0.25) is 15.9 Å². The molecule has 0 saturated carbocycles. The Morgan fingerprint density at radius 3 is 2.30 bits per heavy atom. The molecule has 4 N–H and O–H groups in total. The van der Waals surface area contributed by atoms with Crippen molar-refractivity contribution in [2.45, 2.75) is 17.4 Å². The Labute approximate surface area is 114 Å². The quantitative estimate of drug-likeness (QED) is 0.623. The van der Waals surface area contributed by atoms with Crippen LogP contribution in [0.25, 0.3) is 0 Å². The van der Waals surface area contributed by atoms with Crippen LogP contribution in [0.2, 0.25) is 0 Å². The number of carboxylic acid groups (broad SMARTS) is 1. The second-order valence-corrected chi connectivity index (χ2v) is 5.53. The number of carbonyl (C=O) groups is 2. The highest BCUT2D eigenvalue weighted by Crippen LogP contribution is 2.11. The zero-order valence-electron chi connectivity index (χ0n) is 10.1. The first-order valence-corrected chi connectivity index (χ1v) is 6.78. The van der Waals surface area contributed by atoms with E-state index in [4.69, 9.17) is 16.1 Å². The first-order valence-electron chi connectivity index (χ1n) is 5.30. The number of nitrogens with two attached hydrogens (primary N) is 1. The van der Waals surface area contributed by atoms with Gasteiger partial charge in [-0.15, -0.1) is 0 Å². The fourth-order valence-corrected chi connectivity index (χ4v) is 2.53. The van der Waals surface area contributed by atoms with Gasteiger partial charge in [0.1, 0.15) is 6.04 Å². The first kappa shape index (κ1) is 15.6. The number of nitriles is 1. The van der Waals surface area contributed by atoms with E-state index >= 15 is 0 Å². The zero-order chi connectivity index (χ0) is 15.3. The summed E-state index contributed by atoms with van der Waals surface area (Å²) >= 11 is 0. The highest BCUT2D eigenvalue weighted by Gasteiger charge is 2.26. The molecule has 0 bridgehead atoms. The Hall–Kier alpha value is -2.44. The molecule has 0 aliphatic heterocycles. The lowest BCUT2D eigenvalue weighted by atomic mass is 10.2. The van der Waals surface area contributed by atoms with E-state index in [9.17, 15) is 18.0 Å². The summed E-state index contributed by atoms with van der Waals surface area (Å²) in [4.78, 5) is 21.4. The lowest BCUT2D eigenvalue weighted by molar-refractivity contribution is -0.140. The van der Waals surface area contributed by atoms with Crippen LogP contribution >= 0.6 is 0 Å². The minimum Gasteiger partial charge on any atom is -0.480 e. The predicted molar refractivity (Wildman–Crippen MR) is 66.7 cm³/mol. The molecule has 1 amide bonds. The smallest absolute Gasteiger partial charge is 0.322 e. The van der Waals surface area contributed by atoms with Crippen molar-refractivity contribution >= 4 is 21.9 Å². The molecule has 106 valence electrons. The van der Waals surface area contributed by atoms with Crippen LogP contribution in [-0.2, 0) is 19.6 Å². The van der Waals surface area contributed by atoms with Crippen molar-refractivity contribution in [3.05, 3.63) is 29.8 Å². The lowest BCUT2D eigenvalue weighted by Crippen LogP contribution is -2.43. The molecular weight excluding hydrogens is 286 g/mol. The van der Waals surface area contributed by atoms with Gasteiger partial charge in [0.15, 0.2) is 0 Å². The molecule has 0 radical (unpaired) electrons. The molecule has 0 aliphatic carbocycles. The summed E-state index contributed by atoms with van der Waals surface area (Å²) in [6.45, 7) is 0. The van der Waals surface area contributed by atoms with Crippen LogP contribution in [0.4, 0.5) is 0 Å². The second kappa shape index (κ2) is 6.14. The minimum atomic E-state index is -4.12. The van der Waals surface area contributed by atoms with Crippen LogP contribution in [0, 0.1) is 11.3 Å². The van der Waals surface area contributed by atoms with E-state index in [0.717, 1.165) is 12.1 Å². The van der Waals surface area contributed by atoms with Crippen molar-refractivity contribution < 1.29 is 23.1 Å². The van der Waals surface area contributed by atoms with Crippen molar-refractivity contribution in [3.8, 4) is 6.07 Å². The Kier molecular flexibility index (Phi) is 4.79. The standard InChI is InChI=1S/C11H11N3O5S/c12-6-7-1-3-8(4-2-7)20(18,19)14-9(11(16)17)5-10(13)15/h1-4,9,14H,5H2,(H2,13,15)(H,16,17)/t9-/m0/s1. The van der Waals surface area contributed by atoms with Crippen molar-refractivity contribution in [1.29, 1.82) is 5.26 Å². The number of carboxylic acids is 1. The van der Waals surface area contributed by atoms with E-state index in [1.54, 1.807) is 0 Å². The second-order valence-electron chi connectivity index (χ2n) is 3.82. The van der Waals surface area contributed by atoms with Gasteiger partial charge in [-0.1, -0.05) is 0 Å². The highest BCUT2D eigenvalue weighted by atomic mass is 32.2. The molecule has 9 heteroatoms. The van der Waals surface area contributed by atoms with Gasteiger partial charge >= 0.3 is 5.97 Å². The number of aliphatic carboxylic acids is 1. The fraction of sp³-hybridized carbons (Fsp3) is 0.182. The first-order chi connectivity index (χ1) is 9.26. The Morgan fingerprint density at radius 2 is 1.90 bits per heavy atom. The van der Waals surface area contributed by atoms with Crippen molar-refractivity contribution in [2.75, 3.05) is 0 Å². The summed E-state index contributed by atoms with van der Waals surface area (Å²) in [7, 11) is -4.12. The largest absolute Gasteiger partial charge is 0.480 e. The number of rotatable bonds is 6. The van der Waals surface area contributed by atoms with Gasteiger partial charge in [-0.2, -0.15) is 9.98 Å². The molecule has 1 rings (SSSR count). The van der Waals surface area contributed by atoms with Gasteiger partial charge in [0, 0.05) is 0 Å². The van der Waals surface area contributed by atoms with Crippen LogP contribution in [0.3, 0.4) is 0 Å². The van der Waals surface area contributed by atoms with E-state index < -0.39 is 34.4 Å². The number of primary amides is 1. The SMILES string of the molecule is N#Cc1ccc(S(=O)(=O)N[C@@H](CC(N)=O)C(=O)O)cc1. The predicted octanol–water partition coefficient (Wildman–Crippen LogP) is -0.835. The van der Waals surface area contributed by atoms with Gasteiger partial charge in [-0.3, -0.25) is 9.59 Å². The summed E-state index contributed by atoms with van der Waals surface area (Å²) in [6, 6.07) is 5.04. The van der Waals surface area contributed by atoms with Gasteiger partial charge in [0.25, 0.3) is 0 Å². The fourth-order valence-electron chi connectivity index (χ4n) is 1.34. The highest BCUT2D eigenvalue weighted by molar-refractivity contribution is 7.89. The van der Waals surface area contributed by atoms with Crippen molar-refractivity contribution in [1.82, 2.24) is 4.72 Å². The number of benzene rings is 1. The molecule has 0 heterocycles. The maximum absolute atomic E-state index is 11.9. The number of amides is 1. The van der Waals surface area contributed by atoms with Gasteiger partial charge in [-0.25, -0.2) is 8.42 Å². The average molecular weight is 297 g/mol. The molecule has 0 saturated heterocycles. The summed E-state index contributed by atoms with van der Waals surface area (Å²) < 4.78 is 25.7. The number of sulfonamides is 1.